The lowest BCUT2D eigenvalue weighted by atomic mass is 9.83. The van der Waals surface area contributed by atoms with E-state index in [9.17, 15) is 9.59 Å². The Morgan fingerprint density at radius 1 is 1.32 bits per heavy atom. The number of carbonyl (C=O) groups excluding carboxylic acids is 1. The van der Waals surface area contributed by atoms with Gasteiger partial charge in [-0.05, 0) is 38.5 Å². The Labute approximate surface area is 115 Å². The van der Waals surface area contributed by atoms with Crippen molar-refractivity contribution in [1.29, 1.82) is 0 Å². The average molecular weight is 270 g/mol. The molecule has 1 aliphatic rings. The maximum Gasteiger partial charge on any atom is 0.329 e. The van der Waals surface area contributed by atoms with Gasteiger partial charge in [-0.25, -0.2) is 9.59 Å². The normalized spacial score (nSPS) is 18.1. The fraction of sp³-hybridized carbons (Fsp3) is 0.857. The van der Waals surface area contributed by atoms with E-state index in [1.807, 2.05) is 0 Å². The molecule has 0 aliphatic heterocycles. The number of aliphatic carboxylic acids is 1. The largest absolute Gasteiger partial charge is 0.480 e. The summed E-state index contributed by atoms with van der Waals surface area (Å²) in [4.78, 5) is 24.4. The van der Waals surface area contributed by atoms with Gasteiger partial charge in [0.2, 0.25) is 0 Å². The summed E-state index contributed by atoms with van der Waals surface area (Å²) >= 11 is 0. The Hall–Kier alpha value is -1.26. The minimum Gasteiger partial charge on any atom is -0.480 e. The Morgan fingerprint density at radius 3 is 2.26 bits per heavy atom. The van der Waals surface area contributed by atoms with Crippen LogP contribution in [0.3, 0.4) is 0 Å². The molecule has 110 valence electrons. The summed E-state index contributed by atoms with van der Waals surface area (Å²) in [7, 11) is 1.52. The number of amides is 2. The molecule has 0 heterocycles. The zero-order valence-electron chi connectivity index (χ0n) is 12.5. The number of nitrogens with zero attached hydrogens (tertiary/aromatic N) is 1. The molecule has 0 saturated heterocycles. The van der Waals surface area contributed by atoms with E-state index in [0.717, 1.165) is 19.3 Å². The van der Waals surface area contributed by atoms with Crippen molar-refractivity contribution >= 4 is 12.0 Å². The van der Waals surface area contributed by atoms with Crippen molar-refractivity contribution in [2.24, 2.45) is 5.41 Å². The van der Waals surface area contributed by atoms with Crippen LogP contribution in [0.5, 0.6) is 0 Å². The molecule has 1 fully saturated rings. The predicted molar refractivity (Wildman–Crippen MR) is 74.1 cm³/mol. The number of urea groups is 1. The Bertz CT molecular complexity index is 347. The molecule has 5 heteroatoms. The SMILES string of the molecule is CCC1(CNC(=O)N(C)C(C)(C)C(=O)O)CCCC1. The second-order valence-corrected chi connectivity index (χ2v) is 6.14. The molecule has 2 amide bonds. The highest BCUT2D eigenvalue weighted by molar-refractivity contribution is 5.85. The van der Waals surface area contributed by atoms with Crippen molar-refractivity contribution < 1.29 is 14.7 Å². The molecule has 0 spiro atoms. The number of carboxylic acids is 1. The molecular weight excluding hydrogens is 244 g/mol. The summed E-state index contributed by atoms with van der Waals surface area (Å²) < 4.78 is 0. The fourth-order valence-electron chi connectivity index (χ4n) is 2.56. The van der Waals surface area contributed by atoms with E-state index in [4.69, 9.17) is 5.11 Å². The first-order chi connectivity index (χ1) is 8.75. The van der Waals surface area contributed by atoms with Crippen molar-refractivity contribution in [3.05, 3.63) is 0 Å². The first-order valence-electron chi connectivity index (χ1n) is 7.00. The van der Waals surface area contributed by atoms with Crippen LogP contribution in [0.15, 0.2) is 0 Å². The van der Waals surface area contributed by atoms with Crippen molar-refractivity contribution in [3.8, 4) is 0 Å². The van der Waals surface area contributed by atoms with Crippen molar-refractivity contribution in [3.63, 3.8) is 0 Å². The Balaban J connectivity index is 2.58. The molecule has 0 aromatic carbocycles. The molecule has 19 heavy (non-hydrogen) atoms. The topological polar surface area (TPSA) is 69.6 Å². The summed E-state index contributed by atoms with van der Waals surface area (Å²) in [5.74, 6) is -1.00. The quantitative estimate of drug-likeness (QED) is 0.806. The maximum atomic E-state index is 12.1. The van der Waals surface area contributed by atoms with E-state index in [1.165, 1.54) is 38.6 Å². The van der Waals surface area contributed by atoms with E-state index < -0.39 is 11.5 Å². The van der Waals surface area contributed by atoms with Gasteiger partial charge in [0.05, 0.1) is 0 Å². The van der Waals surface area contributed by atoms with Crippen LogP contribution in [0.2, 0.25) is 0 Å². The van der Waals surface area contributed by atoms with Crippen LogP contribution in [-0.2, 0) is 4.79 Å². The second-order valence-electron chi connectivity index (χ2n) is 6.14. The molecule has 0 atom stereocenters. The molecule has 1 rings (SSSR count). The summed E-state index contributed by atoms with van der Waals surface area (Å²) in [5, 5.41) is 12.0. The number of hydrogen-bond acceptors (Lipinski definition) is 2. The zero-order valence-corrected chi connectivity index (χ0v) is 12.5. The van der Waals surface area contributed by atoms with Crippen molar-refractivity contribution in [2.45, 2.75) is 58.4 Å². The first-order valence-corrected chi connectivity index (χ1v) is 7.00. The molecule has 0 unspecified atom stereocenters. The number of nitrogens with one attached hydrogen (secondary N) is 1. The van der Waals surface area contributed by atoms with Crippen LogP contribution in [0, 0.1) is 5.41 Å². The van der Waals surface area contributed by atoms with E-state index in [2.05, 4.69) is 12.2 Å². The number of rotatable bonds is 5. The summed E-state index contributed by atoms with van der Waals surface area (Å²) in [5.41, 5.74) is -0.983. The van der Waals surface area contributed by atoms with Gasteiger partial charge in [-0.3, -0.25) is 0 Å². The Morgan fingerprint density at radius 2 is 1.84 bits per heavy atom. The van der Waals surface area contributed by atoms with E-state index in [-0.39, 0.29) is 11.4 Å². The summed E-state index contributed by atoms with van der Waals surface area (Å²) in [6, 6.07) is -0.313. The third-order valence-electron chi connectivity index (χ3n) is 4.70. The lowest BCUT2D eigenvalue weighted by Crippen LogP contribution is -2.55. The lowest BCUT2D eigenvalue weighted by molar-refractivity contribution is -0.146. The van der Waals surface area contributed by atoms with Gasteiger partial charge < -0.3 is 15.3 Å². The molecule has 0 aromatic rings. The number of hydrogen-bond donors (Lipinski definition) is 2. The highest BCUT2D eigenvalue weighted by Crippen LogP contribution is 2.40. The van der Waals surface area contributed by atoms with Gasteiger partial charge in [-0.15, -0.1) is 0 Å². The minimum absolute atomic E-state index is 0.212. The molecule has 2 N–H and O–H groups in total. The zero-order chi connectivity index (χ0) is 14.7. The van der Waals surface area contributed by atoms with Gasteiger partial charge in [0.15, 0.2) is 0 Å². The van der Waals surface area contributed by atoms with Crippen LogP contribution in [0.4, 0.5) is 4.79 Å². The highest BCUT2D eigenvalue weighted by atomic mass is 16.4. The van der Waals surface area contributed by atoms with Gasteiger partial charge in [-0.2, -0.15) is 0 Å². The van der Waals surface area contributed by atoms with Crippen LogP contribution < -0.4 is 5.32 Å². The van der Waals surface area contributed by atoms with Crippen LogP contribution in [0.25, 0.3) is 0 Å². The minimum atomic E-state index is -1.20. The van der Waals surface area contributed by atoms with E-state index >= 15 is 0 Å². The highest BCUT2D eigenvalue weighted by Gasteiger charge is 2.37. The predicted octanol–water partition coefficient (Wildman–Crippen LogP) is 2.46. The summed E-state index contributed by atoms with van der Waals surface area (Å²) in [6.45, 7) is 5.85. The van der Waals surface area contributed by atoms with Gasteiger partial charge in [0.25, 0.3) is 0 Å². The fourth-order valence-corrected chi connectivity index (χ4v) is 2.56. The number of carbonyl (C=O) groups is 2. The molecule has 0 bridgehead atoms. The molecule has 5 nitrogen and oxygen atoms in total. The summed E-state index contributed by atoms with van der Waals surface area (Å²) in [6.07, 6.45) is 5.80. The maximum absolute atomic E-state index is 12.1. The van der Waals surface area contributed by atoms with Gasteiger partial charge >= 0.3 is 12.0 Å². The lowest BCUT2D eigenvalue weighted by Gasteiger charge is -2.34. The first kappa shape index (κ1) is 15.8. The van der Waals surface area contributed by atoms with Crippen LogP contribution >= 0.6 is 0 Å². The Kier molecular flexibility index (Phi) is 4.82. The van der Waals surface area contributed by atoms with E-state index in [0.29, 0.717) is 6.54 Å². The van der Waals surface area contributed by atoms with Crippen LogP contribution in [0.1, 0.15) is 52.9 Å². The van der Waals surface area contributed by atoms with Gasteiger partial charge in [-0.1, -0.05) is 19.8 Å². The third-order valence-corrected chi connectivity index (χ3v) is 4.70. The molecule has 1 aliphatic carbocycles. The van der Waals surface area contributed by atoms with E-state index in [1.54, 1.807) is 0 Å². The smallest absolute Gasteiger partial charge is 0.329 e. The standard InChI is InChI=1S/C14H26N2O3/c1-5-14(8-6-7-9-14)10-15-12(19)16(4)13(2,3)11(17)18/h5-10H2,1-4H3,(H,15,19)(H,17,18). The average Bonchev–Trinajstić information content (AvgIpc) is 2.84. The van der Waals surface area contributed by atoms with Gasteiger partial charge in [0.1, 0.15) is 5.54 Å². The second kappa shape index (κ2) is 5.80. The monoisotopic (exact) mass is 270 g/mol. The third kappa shape index (κ3) is 3.39. The molecular formula is C14H26N2O3. The molecule has 0 aromatic heterocycles. The molecule has 0 radical (unpaired) electrons. The number of carboxylic acid groups (broad SMARTS) is 1. The van der Waals surface area contributed by atoms with Crippen molar-refractivity contribution in [2.75, 3.05) is 13.6 Å². The van der Waals surface area contributed by atoms with Crippen molar-refractivity contribution in [1.82, 2.24) is 10.2 Å². The van der Waals surface area contributed by atoms with Gasteiger partial charge in [0, 0.05) is 13.6 Å². The number of likely N-dealkylation sites (N-methyl/N-ethyl adjacent to an activating group) is 1. The molecule has 1 saturated carbocycles. The van der Waals surface area contributed by atoms with Crippen LogP contribution in [-0.4, -0.2) is 41.1 Å².